The third-order valence-corrected chi connectivity index (χ3v) is 7.61. The summed E-state index contributed by atoms with van der Waals surface area (Å²) in [6.45, 7) is 2.63. The number of nitrogens with one attached hydrogen (secondary N) is 2. The van der Waals surface area contributed by atoms with Crippen LogP contribution in [0.15, 0.2) is 57.7 Å². The van der Waals surface area contributed by atoms with E-state index < -0.39 is 9.84 Å². The number of anilines is 1. The second-order valence-electron chi connectivity index (χ2n) is 6.84. The lowest BCUT2D eigenvalue weighted by molar-refractivity contribution is 0.463. The van der Waals surface area contributed by atoms with Crippen molar-refractivity contribution in [1.29, 1.82) is 0 Å². The van der Waals surface area contributed by atoms with Gasteiger partial charge in [-0.2, -0.15) is 0 Å². The molecule has 0 atom stereocenters. The summed E-state index contributed by atoms with van der Waals surface area (Å²) in [5.41, 5.74) is 0. The van der Waals surface area contributed by atoms with Crippen LogP contribution < -0.4 is 15.5 Å². The fourth-order valence-electron chi connectivity index (χ4n) is 3.30. The maximum Gasteiger partial charge on any atom is 0.191 e. The van der Waals surface area contributed by atoms with Crippen LogP contribution in [0.4, 0.5) is 5.00 Å². The van der Waals surface area contributed by atoms with Crippen LogP contribution in [0.5, 0.6) is 0 Å². The predicted molar refractivity (Wildman–Crippen MR) is 117 cm³/mol. The molecule has 8 heteroatoms. The van der Waals surface area contributed by atoms with Crippen molar-refractivity contribution in [2.24, 2.45) is 4.99 Å². The van der Waals surface area contributed by atoms with Gasteiger partial charge in [0, 0.05) is 32.7 Å². The molecule has 0 spiro atoms. The number of hydrogen-bond acceptors (Lipinski definition) is 5. The summed E-state index contributed by atoms with van der Waals surface area (Å²) in [7, 11) is -1.48. The number of piperidine rings is 1. The van der Waals surface area contributed by atoms with Gasteiger partial charge in [0.2, 0.25) is 0 Å². The first-order valence-corrected chi connectivity index (χ1v) is 12.1. The van der Waals surface area contributed by atoms with E-state index in [1.54, 1.807) is 42.6 Å². The number of hydrogen-bond donors (Lipinski definition) is 2. The zero-order valence-electron chi connectivity index (χ0n) is 16.2. The maximum atomic E-state index is 12.3. The lowest BCUT2D eigenvalue weighted by atomic mass is 10.1. The van der Waals surface area contributed by atoms with E-state index in [1.165, 1.54) is 5.00 Å². The smallest absolute Gasteiger partial charge is 0.191 e. The first kappa shape index (κ1) is 20.7. The molecule has 2 N–H and O–H groups in total. The van der Waals surface area contributed by atoms with Gasteiger partial charge in [-0.1, -0.05) is 18.2 Å². The van der Waals surface area contributed by atoms with E-state index >= 15 is 0 Å². The Morgan fingerprint density at radius 1 is 1.18 bits per heavy atom. The minimum absolute atomic E-state index is 0.125. The second kappa shape index (κ2) is 9.93. The summed E-state index contributed by atoms with van der Waals surface area (Å²) < 4.78 is 24.6. The predicted octanol–water partition coefficient (Wildman–Crippen LogP) is 2.75. The number of thiophene rings is 1. The molecule has 0 radical (unpaired) electrons. The van der Waals surface area contributed by atoms with Crippen molar-refractivity contribution in [2.75, 3.05) is 37.3 Å². The molecule has 6 nitrogen and oxygen atoms in total. The number of nitrogens with zero attached hydrogens (tertiary/aromatic N) is 2. The van der Waals surface area contributed by atoms with Gasteiger partial charge in [-0.05, 0) is 48.9 Å². The van der Waals surface area contributed by atoms with Crippen molar-refractivity contribution in [3.05, 3.63) is 47.8 Å². The Labute approximate surface area is 171 Å². The van der Waals surface area contributed by atoms with E-state index in [0.29, 0.717) is 23.9 Å². The van der Waals surface area contributed by atoms with Crippen LogP contribution in [0.25, 0.3) is 0 Å². The van der Waals surface area contributed by atoms with Crippen molar-refractivity contribution in [2.45, 2.75) is 30.2 Å². The number of sulfone groups is 1. The first-order chi connectivity index (χ1) is 13.6. The minimum atomic E-state index is -3.22. The highest BCUT2D eigenvalue weighted by Gasteiger charge is 2.20. The van der Waals surface area contributed by atoms with Gasteiger partial charge in [-0.25, -0.2) is 8.42 Å². The highest BCUT2D eigenvalue weighted by atomic mass is 32.2. The van der Waals surface area contributed by atoms with Gasteiger partial charge in [0.25, 0.3) is 0 Å². The third-order valence-electron chi connectivity index (χ3n) is 4.86. The van der Waals surface area contributed by atoms with Crippen LogP contribution in [0, 0.1) is 0 Å². The molecule has 152 valence electrons. The Hall–Kier alpha value is -2.06. The lowest BCUT2D eigenvalue weighted by Gasteiger charge is -2.33. The van der Waals surface area contributed by atoms with Crippen LogP contribution in [-0.2, 0) is 9.84 Å². The van der Waals surface area contributed by atoms with Crippen LogP contribution in [0.2, 0.25) is 0 Å². The maximum absolute atomic E-state index is 12.3. The van der Waals surface area contributed by atoms with Crippen LogP contribution >= 0.6 is 11.3 Å². The van der Waals surface area contributed by atoms with Crippen molar-refractivity contribution < 1.29 is 8.42 Å². The molecule has 0 bridgehead atoms. The fraction of sp³-hybridized carbons (Fsp3) is 0.450. The molecule has 0 aliphatic carbocycles. The average Bonchev–Trinajstić information content (AvgIpc) is 3.26. The quantitative estimate of drug-likeness (QED) is 0.409. The molecular formula is C20H28N4O2S2. The minimum Gasteiger partial charge on any atom is -0.363 e. The summed E-state index contributed by atoms with van der Waals surface area (Å²) in [5.74, 6) is 0.868. The largest absolute Gasteiger partial charge is 0.363 e. The van der Waals surface area contributed by atoms with Gasteiger partial charge in [-0.15, -0.1) is 11.3 Å². The molecule has 1 saturated heterocycles. The molecule has 1 aromatic heterocycles. The molecule has 0 unspecified atom stereocenters. The highest BCUT2D eigenvalue weighted by molar-refractivity contribution is 7.91. The first-order valence-electron chi connectivity index (χ1n) is 9.62. The van der Waals surface area contributed by atoms with Crippen molar-refractivity contribution >= 4 is 32.1 Å². The monoisotopic (exact) mass is 420 g/mol. The average molecular weight is 421 g/mol. The Kier molecular flexibility index (Phi) is 7.33. The van der Waals surface area contributed by atoms with Gasteiger partial charge in [0.05, 0.1) is 15.6 Å². The summed E-state index contributed by atoms with van der Waals surface area (Å²) in [5, 5.41) is 10.2. The Bertz CT molecular complexity index is 844. The van der Waals surface area contributed by atoms with Crippen molar-refractivity contribution in [3.8, 4) is 0 Å². The summed E-state index contributed by atoms with van der Waals surface area (Å²) >= 11 is 1.78. The van der Waals surface area contributed by atoms with E-state index in [-0.39, 0.29) is 5.75 Å². The molecule has 1 aromatic carbocycles. The van der Waals surface area contributed by atoms with E-state index in [9.17, 15) is 8.42 Å². The van der Waals surface area contributed by atoms with Gasteiger partial charge in [0.1, 0.15) is 0 Å². The van der Waals surface area contributed by atoms with Crippen LogP contribution in [0.1, 0.15) is 19.3 Å². The zero-order chi connectivity index (χ0) is 19.8. The molecule has 1 aliphatic heterocycles. The summed E-state index contributed by atoms with van der Waals surface area (Å²) in [6, 6.07) is 13.3. The van der Waals surface area contributed by atoms with Gasteiger partial charge < -0.3 is 15.5 Å². The summed E-state index contributed by atoms with van der Waals surface area (Å²) in [4.78, 5) is 7.09. The number of aliphatic imine (C=N–C) groups is 1. The molecule has 28 heavy (non-hydrogen) atoms. The van der Waals surface area contributed by atoms with Crippen molar-refractivity contribution in [1.82, 2.24) is 10.6 Å². The SMILES string of the molecule is CN=C(NCCCS(=O)(=O)c1ccccc1)NC1CCN(c2cccs2)CC1. The third kappa shape index (κ3) is 5.72. The van der Waals surface area contributed by atoms with E-state index in [4.69, 9.17) is 0 Å². The molecule has 1 aliphatic rings. The van der Waals surface area contributed by atoms with E-state index in [0.717, 1.165) is 31.9 Å². The molecule has 2 heterocycles. The lowest BCUT2D eigenvalue weighted by Crippen LogP contribution is -2.48. The van der Waals surface area contributed by atoms with Gasteiger partial charge in [0.15, 0.2) is 15.8 Å². The topological polar surface area (TPSA) is 73.8 Å². The molecule has 2 aromatic rings. The molecule has 0 saturated carbocycles. The van der Waals surface area contributed by atoms with Crippen LogP contribution in [0.3, 0.4) is 0 Å². The standard InChI is InChI=1S/C20H28N4O2S2/c1-21-20(22-12-6-16-28(25,26)18-7-3-2-4-8-18)23-17-10-13-24(14-11-17)19-9-5-15-27-19/h2-5,7-9,15,17H,6,10-14,16H2,1H3,(H2,21,22,23). The number of benzene rings is 1. The van der Waals surface area contributed by atoms with E-state index in [1.807, 2.05) is 6.07 Å². The molecule has 0 amide bonds. The molecular weight excluding hydrogens is 392 g/mol. The molecule has 3 rings (SSSR count). The fourth-order valence-corrected chi connectivity index (χ4v) is 5.41. The normalized spacial score (nSPS) is 16.2. The Morgan fingerprint density at radius 3 is 2.57 bits per heavy atom. The highest BCUT2D eigenvalue weighted by Crippen LogP contribution is 2.24. The van der Waals surface area contributed by atoms with Crippen LogP contribution in [-0.4, -0.2) is 52.9 Å². The number of rotatable bonds is 7. The number of guanidine groups is 1. The summed E-state index contributed by atoms with van der Waals surface area (Å²) in [6.07, 6.45) is 2.65. The Morgan fingerprint density at radius 2 is 1.93 bits per heavy atom. The second-order valence-corrected chi connectivity index (χ2v) is 9.88. The van der Waals surface area contributed by atoms with Gasteiger partial charge >= 0.3 is 0 Å². The van der Waals surface area contributed by atoms with Gasteiger partial charge in [-0.3, -0.25) is 4.99 Å². The van der Waals surface area contributed by atoms with Crippen molar-refractivity contribution in [3.63, 3.8) is 0 Å². The Balaban J connectivity index is 1.38. The zero-order valence-corrected chi connectivity index (χ0v) is 17.8. The van der Waals surface area contributed by atoms with E-state index in [2.05, 4.69) is 38.0 Å². The molecule has 1 fully saturated rings.